The van der Waals surface area contributed by atoms with Crippen molar-refractivity contribution in [3.05, 3.63) is 24.3 Å². The Bertz CT molecular complexity index is 114. The molecule has 0 aliphatic carbocycles. The Morgan fingerprint density at radius 3 is 2.00 bits per heavy atom. The molecule has 0 aromatic carbocycles. The van der Waals surface area contributed by atoms with Crippen LogP contribution in [0.5, 0.6) is 0 Å². The molecule has 0 unspecified atom stereocenters. The number of unbranched alkanes of at least 4 members (excludes halogenated alkanes) is 3. The molecular weight excluding hydrogens is 192 g/mol. The topological polar surface area (TPSA) is 0 Å². The van der Waals surface area contributed by atoms with Crippen molar-refractivity contribution in [2.24, 2.45) is 0 Å². The molecule has 0 saturated heterocycles. The van der Waals surface area contributed by atoms with Gasteiger partial charge < -0.3 is 0 Å². The molecule has 0 aliphatic rings. The van der Waals surface area contributed by atoms with E-state index in [9.17, 15) is 0 Å². The van der Waals surface area contributed by atoms with Crippen LogP contribution in [0.1, 0.15) is 39.0 Å². The van der Waals surface area contributed by atoms with Crippen molar-refractivity contribution < 1.29 is 0 Å². The smallest absolute Gasteiger partial charge is 0.127 e. The van der Waals surface area contributed by atoms with Gasteiger partial charge in [0.1, 0.15) is 0 Å². The van der Waals surface area contributed by atoms with Crippen LogP contribution in [-0.4, -0.2) is 28.9 Å². The highest BCUT2D eigenvalue weighted by Gasteiger charge is 1.77. The summed E-state index contributed by atoms with van der Waals surface area (Å²) in [5, 5.41) is 0. The molecule has 0 N–H and O–H groups in total. The molecule has 0 radical (unpaired) electrons. The highest BCUT2D eigenvalue weighted by atomic mass is 35.5. The van der Waals surface area contributed by atoms with Crippen LogP contribution in [0.15, 0.2) is 24.3 Å². The number of alkyl halides is 1. The number of allylic oxidation sites excluding steroid dienone is 4. The van der Waals surface area contributed by atoms with Crippen LogP contribution in [0.2, 0.25) is 0 Å². The van der Waals surface area contributed by atoms with E-state index in [2.05, 4.69) is 31.2 Å². The van der Waals surface area contributed by atoms with E-state index in [4.69, 9.17) is 11.6 Å². The first-order valence-electron chi connectivity index (χ1n) is 4.79. The van der Waals surface area contributed by atoms with Gasteiger partial charge in [0.2, 0.25) is 0 Å². The number of halogens is 1. The summed E-state index contributed by atoms with van der Waals surface area (Å²) in [6, 6.07) is 0. The maximum absolute atomic E-state index is 5.53. The van der Waals surface area contributed by atoms with Crippen molar-refractivity contribution in [2.45, 2.75) is 39.0 Å². The molecular formula is C11H21ClMg. The fourth-order valence-electron chi connectivity index (χ4n) is 0.867. The fourth-order valence-corrected chi connectivity index (χ4v) is 1.02. The Balaban J connectivity index is 0. The van der Waals surface area contributed by atoms with Crippen LogP contribution in [0.3, 0.4) is 0 Å². The molecule has 0 rings (SSSR count). The molecule has 0 amide bonds. The van der Waals surface area contributed by atoms with Gasteiger partial charge in [0, 0.05) is 5.88 Å². The number of hydrogen-bond acceptors (Lipinski definition) is 0. The van der Waals surface area contributed by atoms with Crippen molar-refractivity contribution >= 4 is 34.7 Å². The molecule has 0 aliphatic heterocycles. The van der Waals surface area contributed by atoms with Gasteiger partial charge in [0.25, 0.3) is 0 Å². The van der Waals surface area contributed by atoms with Crippen LogP contribution >= 0.6 is 11.6 Å². The van der Waals surface area contributed by atoms with Gasteiger partial charge in [-0.1, -0.05) is 44.1 Å². The molecule has 0 heterocycles. The minimum Gasteiger partial charge on any atom is -0.127 e. The van der Waals surface area contributed by atoms with Gasteiger partial charge in [-0.2, -0.15) is 0 Å². The molecule has 0 fully saturated rings. The van der Waals surface area contributed by atoms with Crippen LogP contribution in [-0.2, 0) is 0 Å². The Labute approximate surface area is 104 Å². The predicted octanol–water partition coefficient (Wildman–Crippen LogP) is 3.39. The van der Waals surface area contributed by atoms with Crippen molar-refractivity contribution in [3.63, 3.8) is 0 Å². The summed E-state index contributed by atoms with van der Waals surface area (Å²) in [6.07, 6.45) is 14.6. The monoisotopic (exact) mass is 212 g/mol. The zero-order valence-electron chi connectivity index (χ0n) is 7.93. The molecule has 0 nitrogen and oxygen atoms in total. The summed E-state index contributed by atoms with van der Waals surface area (Å²) >= 11 is 5.53. The summed E-state index contributed by atoms with van der Waals surface area (Å²) in [7, 11) is 0. The van der Waals surface area contributed by atoms with Crippen LogP contribution in [0, 0.1) is 0 Å². The molecule has 0 aromatic rings. The van der Waals surface area contributed by atoms with Gasteiger partial charge in [-0.15, -0.1) is 11.6 Å². The first kappa shape index (κ1) is 16.0. The Hall–Kier alpha value is 0.536. The standard InChI is InChI=1S/C11H19Cl.Mg.2H/c1-2-3-4-5-6-7-8-9-10-11-12;;;/h5-8H,2-4,9-11H2,1H3;;;/b6-5-,8-7+;;;. The minimum atomic E-state index is 0. The molecule has 0 saturated carbocycles. The maximum Gasteiger partial charge on any atom is 0.316 e. The maximum atomic E-state index is 5.53. The van der Waals surface area contributed by atoms with Crippen molar-refractivity contribution in [1.29, 1.82) is 0 Å². The third kappa shape index (κ3) is 15.3. The van der Waals surface area contributed by atoms with Gasteiger partial charge in [0.15, 0.2) is 0 Å². The lowest BCUT2D eigenvalue weighted by atomic mass is 10.2. The number of rotatable bonds is 7. The fraction of sp³-hybridized carbons (Fsp3) is 0.636. The third-order valence-corrected chi connectivity index (χ3v) is 1.88. The average molecular weight is 213 g/mol. The molecule has 0 aromatic heterocycles. The SMILES string of the molecule is CCCC/C=C\C=C\CCCCl.[MgH2]. The van der Waals surface area contributed by atoms with Crippen LogP contribution < -0.4 is 0 Å². The summed E-state index contributed by atoms with van der Waals surface area (Å²) in [4.78, 5) is 0. The van der Waals surface area contributed by atoms with E-state index in [0.717, 1.165) is 18.7 Å². The molecule has 74 valence electrons. The average Bonchev–Trinajstić information content (AvgIpc) is 2.10. The molecule has 0 spiro atoms. The second kappa shape index (κ2) is 15.0. The van der Waals surface area contributed by atoms with Gasteiger partial charge in [-0.25, -0.2) is 0 Å². The van der Waals surface area contributed by atoms with Gasteiger partial charge in [-0.3, -0.25) is 0 Å². The van der Waals surface area contributed by atoms with E-state index in [1.807, 2.05) is 0 Å². The summed E-state index contributed by atoms with van der Waals surface area (Å²) < 4.78 is 0. The zero-order valence-corrected chi connectivity index (χ0v) is 8.69. The van der Waals surface area contributed by atoms with Crippen LogP contribution in [0.25, 0.3) is 0 Å². The molecule has 0 atom stereocenters. The number of hydrogen-bond donors (Lipinski definition) is 0. The van der Waals surface area contributed by atoms with E-state index in [1.165, 1.54) is 19.3 Å². The lowest BCUT2D eigenvalue weighted by Crippen LogP contribution is -1.70. The van der Waals surface area contributed by atoms with Gasteiger partial charge in [-0.05, 0) is 19.3 Å². The van der Waals surface area contributed by atoms with E-state index in [1.54, 1.807) is 0 Å². The Morgan fingerprint density at radius 1 is 1.00 bits per heavy atom. The lowest BCUT2D eigenvalue weighted by Gasteiger charge is -1.86. The van der Waals surface area contributed by atoms with E-state index in [-0.39, 0.29) is 23.1 Å². The van der Waals surface area contributed by atoms with Crippen molar-refractivity contribution in [2.75, 3.05) is 5.88 Å². The minimum absolute atomic E-state index is 0. The summed E-state index contributed by atoms with van der Waals surface area (Å²) in [5.74, 6) is 0.768. The summed E-state index contributed by atoms with van der Waals surface area (Å²) in [6.45, 7) is 2.21. The zero-order chi connectivity index (χ0) is 9.07. The highest BCUT2D eigenvalue weighted by Crippen LogP contribution is 1.96. The quantitative estimate of drug-likeness (QED) is 0.263. The second-order valence-corrected chi connectivity index (χ2v) is 3.21. The molecule has 0 bridgehead atoms. The summed E-state index contributed by atoms with van der Waals surface area (Å²) in [5.41, 5.74) is 0. The van der Waals surface area contributed by atoms with Gasteiger partial charge >= 0.3 is 23.1 Å². The first-order valence-corrected chi connectivity index (χ1v) is 5.33. The van der Waals surface area contributed by atoms with Crippen LogP contribution in [0.4, 0.5) is 0 Å². The lowest BCUT2D eigenvalue weighted by molar-refractivity contribution is 0.815. The Kier molecular flexibility index (Phi) is 18.5. The van der Waals surface area contributed by atoms with E-state index in [0.29, 0.717) is 0 Å². The Morgan fingerprint density at radius 2 is 1.54 bits per heavy atom. The van der Waals surface area contributed by atoms with Crippen molar-refractivity contribution in [3.8, 4) is 0 Å². The first-order chi connectivity index (χ1) is 5.91. The molecule has 2 heteroatoms. The van der Waals surface area contributed by atoms with Gasteiger partial charge in [0.05, 0.1) is 0 Å². The van der Waals surface area contributed by atoms with E-state index < -0.39 is 0 Å². The highest BCUT2D eigenvalue weighted by molar-refractivity contribution is 6.17. The second-order valence-electron chi connectivity index (χ2n) is 2.83. The molecule has 13 heavy (non-hydrogen) atoms. The largest absolute Gasteiger partial charge is 0.316 e. The normalized spacial score (nSPS) is 10.9. The van der Waals surface area contributed by atoms with Crippen molar-refractivity contribution in [1.82, 2.24) is 0 Å². The predicted molar refractivity (Wildman–Crippen MR) is 66.3 cm³/mol. The third-order valence-electron chi connectivity index (χ3n) is 1.61. The van der Waals surface area contributed by atoms with E-state index >= 15 is 0 Å².